The maximum Gasteiger partial charge on any atom is 0.122 e. The zero-order valence-electron chi connectivity index (χ0n) is 16.6. The second kappa shape index (κ2) is 6.38. The van der Waals surface area contributed by atoms with Gasteiger partial charge < -0.3 is 4.74 Å². The lowest BCUT2D eigenvalue weighted by atomic mass is 10.0. The molecule has 1 saturated heterocycles. The number of fused-ring (bicyclic) bond motifs is 1. The Morgan fingerprint density at radius 2 is 1.81 bits per heavy atom. The summed E-state index contributed by atoms with van der Waals surface area (Å²) in [5.74, 6) is 3.44. The quantitative estimate of drug-likeness (QED) is 0.798. The number of hydrogen-bond acceptors (Lipinski definition) is 3. The van der Waals surface area contributed by atoms with Crippen LogP contribution in [0, 0.1) is 31.6 Å². The van der Waals surface area contributed by atoms with Gasteiger partial charge in [-0.25, -0.2) is 0 Å². The fourth-order valence-corrected chi connectivity index (χ4v) is 4.38. The number of benzene rings is 1. The lowest BCUT2D eigenvalue weighted by Crippen LogP contribution is -2.41. The van der Waals surface area contributed by atoms with Crippen LogP contribution >= 0.6 is 0 Å². The minimum Gasteiger partial charge on any atom is -0.493 e. The van der Waals surface area contributed by atoms with Gasteiger partial charge >= 0.3 is 0 Å². The van der Waals surface area contributed by atoms with Crippen LogP contribution in [0.3, 0.4) is 0 Å². The highest BCUT2D eigenvalue weighted by atomic mass is 16.5. The Morgan fingerprint density at radius 3 is 2.42 bits per heavy atom. The molecular formula is C23H30N2O. The first-order valence-electron chi connectivity index (χ1n) is 9.74. The molecule has 26 heavy (non-hydrogen) atoms. The molecule has 0 amide bonds. The van der Waals surface area contributed by atoms with Crippen LogP contribution < -0.4 is 4.74 Å². The molecule has 1 aliphatic carbocycles. The van der Waals surface area contributed by atoms with Crippen LogP contribution in [0.5, 0.6) is 5.75 Å². The molecule has 1 saturated carbocycles. The molecule has 3 heteroatoms. The van der Waals surface area contributed by atoms with Crippen molar-refractivity contribution >= 4 is 0 Å². The van der Waals surface area contributed by atoms with E-state index in [1.54, 1.807) is 0 Å². The van der Waals surface area contributed by atoms with Gasteiger partial charge in [-0.15, -0.1) is 0 Å². The monoisotopic (exact) mass is 350 g/mol. The van der Waals surface area contributed by atoms with Gasteiger partial charge in [-0.05, 0) is 81.3 Å². The maximum absolute atomic E-state index is 6.20. The van der Waals surface area contributed by atoms with Gasteiger partial charge in [0.1, 0.15) is 5.75 Å². The number of rotatable bonds is 4. The lowest BCUT2D eigenvalue weighted by Gasteiger charge is -2.33. The smallest absolute Gasteiger partial charge is 0.122 e. The van der Waals surface area contributed by atoms with Gasteiger partial charge in [-0.3, -0.25) is 9.88 Å². The van der Waals surface area contributed by atoms with E-state index in [9.17, 15) is 0 Å². The predicted molar refractivity (Wildman–Crippen MR) is 106 cm³/mol. The molecule has 2 atom stereocenters. The van der Waals surface area contributed by atoms with E-state index in [2.05, 4.69) is 68.8 Å². The van der Waals surface area contributed by atoms with Gasteiger partial charge in [0.2, 0.25) is 0 Å². The molecule has 1 aliphatic heterocycles. The minimum absolute atomic E-state index is 0.301. The van der Waals surface area contributed by atoms with Crippen LogP contribution in [0.25, 0.3) is 11.1 Å². The van der Waals surface area contributed by atoms with Gasteiger partial charge in [-0.1, -0.05) is 6.07 Å². The Hall–Kier alpha value is -1.87. The average molecular weight is 351 g/mol. The third kappa shape index (κ3) is 3.25. The molecule has 0 bridgehead atoms. The summed E-state index contributed by atoms with van der Waals surface area (Å²) in [6.45, 7) is 14.6. The zero-order chi connectivity index (χ0) is 18.5. The number of likely N-dealkylation sites (tertiary alicyclic amines) is 1. The first-order valence-corrected chi connectivity index (χ1v) is 9.74. The Morgan fingerprint density at radius 1 is 1.08 bits per heavy atom. The molecule has 2 fully saturated rings. The number of pyridine rings is 1. The Kier molecular flexibility index (Phi) is 4.31. The Balaban J connectivity index is 1.37. The molecule has 0 N–H and O–H groups in total. The van der Waals surface area contributed by atoms with E-state index in [0.29, 0.717) is 5.54 Å². The SMILES string of the molecule is Cc1cc(-c2cnccc2C)ccc1OCC1C2CN(C(C)(C)C)CC12. The third-order valence-electron chi connectivity index (χ3n) is 6.28. The molecule has 138 valence electrons. The molecule has 0 spiro atoms. The van der Waals surface area contributed by atoms with Crippen molar-refractivity contribution < 1.29 is 4.74 Å². The van der Waals surface area contributed by atoms with Gasteiger partial charge in [-0.2, -0.15) is 0 Å². The van der Waals surface area contributed by atoms with E-state index >= 15 is 0 Å². The zero-order valence-corrected chi connectivity index (χ0v) is 16.6. The van der Waals surface area contributed by atoms with Crippen molar-refractivity contribution in [1.29, 1.82) is 0 Å². The number of aromatic nitrogens is 1. The topological polar surface area (TPSA) is 25.4 Å². The van der Waals surface area contributed by atoms with E-state index in [4.69, 9.17) is 4.74 Å². The summed E-state index contributed by atoms with van der Waals surface area (Å²) in [6.07, 6.45) is 3.79. The molecular weight excluding hydrogens is 320 g/mol. The van der Waals surface area contributed by atoms with Crippen molar-refractivity contribution in [2.45, 2.75) is 40.2 Å². The normalized spacial score (nSPS) is 25.2. The molecule has 2 heterocycles. The van der Waals surface area contributed by atoms with Gasteiger partial charge in [0.15, 0.2) is 0 Å². The number of hydrogen-bond donors (Lipinski definition) is 0. The van der Waals surface area contributed by atoms with Gasteiger partial charge in [0.05, 0.1) is 6.61 Å². The van der Waals surface area contributed by atoms with Crippen LogP contribution in [0.2, 0.25) is 0 Å². The van der Waals surface area contributed by atoms with Gasteiger partial charge in [0.25, 0.3) is 0 Å². The van der Waals surface area contributed by atoms with Crippen LogP contribution in [0.4, 0.5) is 0 Å². The summed E-state index contributed by atoms with van der Waals surface area (Å²) < 4.78 is 6.20. The summed E-state index contributed by atoms with van der Waals surface area (Å²) in [5, 5.41) is 0. The van der Waals surface area contributed by atoms with Crippen molar-refractivity contribution in [2.24, 2.45) is 17.8 Å². The summed E-state index contributed by atoms with van der Waals surface area (Å²) in [7, 11) is 0. The van der Waals surface area contributed by atoms with Gasteiger partial charge in [0, 0.05) is 42.5 Å². The van der Waals surface area contributed by atoms with Crippen LogP contribution in [-0.2, 0) is 0 Å². The Labute approximate surface area is 157 Å². The summed E-state index contributed by atoms with van der Waals surface area (Å²) >= 11 is 0. The summed E-state index contributed by atoms with van der Waals surface area (Å²) in [4.78, 5) is 6.88. The second-order valence-corrected chi connectivity index (χ2v) is 9.05. The van der Waals surface area contributed by atoms with Crippen molar-refractivity contribution in [3.63, 3.8) is 0 Å². The molecule has 4 rings (SSSR count). The van der Waals surface area contributed by atoms with E-state index in [-0.39, 0.29) is 0 Å². The number of aryl methyl sites for hydroxylation is 2. The van der Waals surface area contributed by atoms with E-state index in [0.717, 1.165) is 30.1 Å². The lowest BCUT2D eigenvalue weighted by molar-refractivity contribution is 0.138. The predicted octanol–water partition coefficient (Wildman–Crippen LogP) is 4.72. The number of piperidine rings is 1. The summed E-state index contributed by atoms with van der Waals surface area (Å²) in [5.41, 5.74) is 5.16. The largest absolute Gasteiger partial charge is 0.493 e. The fourth-order valence-electron chi connectivity index (χ4n) is 4.38. The molecule has 1 aromatic carbocycles. The van der Waals surface area contributed by atoms with Crippen molar-refractivity contribution in [3.05, 3.63) is 47.8 Å². The van der Waals surface area contributed by atoms with Crippen molar-refractivity contribution in [1.82, 2.24) is 9.88 Å². The molecule has 1 aromatic heterocycles. The maximum atomic E-state index is 6.20. The highest BCUT2D eigenvalue weighted by Gasteiger charge is 2.57. The fraction of sp³-hybridized carbons (Fsp3) is 0.522. The number of ether oxygens (including phenoxy) is 1. The molecule has 3 nitrogen and oxygen atoms in total. The van der Waals surface area contributed by atoms with Crippen LogP contribution in [0.15, 0.2) is 36.7 Å². The molecule has 2 aliphatic rings. The van der Waals surface area contributed by atoms with Crippen LogP contribution in [-0.4, -0.2) is 35.1 Å². The second-order valence-electron chi connectivity index (χ2n) is 9.05. The number of nitrogens with zero attached hydrogens (tertiary/aromatic N) is 2. The average Bonchev–Trinajstić information content (AvgIpc) is 3.02. The van der Waals surface area contributed by atoms with Crippen LogP contribution in [0.1, 0.15) is 31.9 Å². The molecule has 2 aromatic rings. The van der Waals surface area contributed by atoms with E-state index in [1.165, 1.54) is 35.3 Å². The first-order chi connectivity index (χ1) is 12.3. The molecule has 0 radical (unpaired) electrons. The summed E-state index contributed by atoms with van der Waals surface area (Å²) in [6, 6.07) is 8.55. The standard InChI is InChI=1S/C23H30N2O/c1-15-8-9-24-11-18(15)17-6-7-22(16(2)10-17)26-14-21-19-12-25(13-20(19)21)23(3,4)5/h6-11,19-21H,12-14H2,1-5H3. The highest BCUT2D eigenvalue weighted by molar-refractivity contribution is 5.67. The minimum atomic E-state index is 0.301. The highest BCUT2D eigenvalue weighted by Crippen LogP contribution is 2.53. The van der Waals surface area contributed by atoms with Crippen molar-refractivity contribution in [2.75, 3.05) is 19.7 Å². The first kappa shape index (κ1) is 17.5. The van der Waals surface area contributed by atoms with E-state index < -0.39 is 0 Å². The third-order valence-corrected chi connectivity index (χ3v) is 6.28. The molecule has 2 unspecified atom stereocenters. The van der Waals surface area contributed by atoms with E-state index in [1.807, 2.05) is 12.4 Å². The Bertz CT molecular complexity index is 796. The van der Waals surface area contributed by atoms with Crippen molar-refractivity contribution in [3.8, 4) is 16.9 Å².